The van der Waals surface area contributed by atoms with E-state index in [9.17, 15) is 15.3 Å². The van der Waals surface area contributed by atoms with Crippen LogP contribution in [0.4, 0.5) is 0 Å². The number of allylic oxidation sites excluding steroid dienone is 4. The lowest BCUT2D eigenvalue weighted by Gasteiger charge is -2.47. The maximum atomic E-state index is 11.0. The second-order valence-electron chi connectivity index (χ2n) is 12.1. The van der Waals surface area contributed by atoms with Crippen LogP contribution in [0.2, 0.25) is 5.82 Å². The van der Waals surface area contributed by atoms with Crippen molar-refractivity contribution in [1.82, 2.24) is 0 Å². The largest absolute Gasteiger partial charge is 0.461 e. The topological polar surface area (TPSA) is 79.2 Å². The lowest BCUT2D eigenvalue weighted by atomic mass is 9.56. The molecule has 193 valence electrons. The third-order valence-corrected chi connectivity index (χ3v) is 8.18. The molecule has 2 aliphatic rings. The van der Waals surface area contributed by atoms with Crippen LogP contribution in [0.5, 0.6) is 5.75 Å². The fraction of sp³-hybridized carbons (Fsp3) is 0.655. The summed E-state index contributed by atoms with van der Waals surface area (Å²) in [5.41, 5.74) is -2.84. The highest BCUT2D eigenvalue weighted by Gasteiger charge is 2.50. The Bertz CT molecular complexity index is 949. The molecule has 2 aliphatic carbocycles. The van der Waals surface area contributed by atoms with Crippen molar-refractivity contribution in [2.45, 2.75) is 103 Å². The van der Waals surface area contributed by atoms with E-state index in [1.807, 2.05) is 18.2 Å². The van der Waals surface area contributed by atoms with Gasteiger partial charge in [0.25, 0.3) is 0 Å². The standard InChI is InChI=1S/C29H44BO5/c1-19-11-9-10-12-23(19)35-25-20(2)13-16-22(24(25)21-14-15-21)30-18-34-29(8,27(5,6)32)17-28(7,33)26(3,4)31/h9-13,16,21-22,24,31-33H,14-15,17-18H2,1-8H3. The zero-order chi connectivity index (χ0) is 26.2. The average Bonchev–Trinajstić information content (AvgIpc) is 3.55. The lowest BCUT2D eigenvalue weighted by molar-refractivity contribution is -0.208. The summed E-state index contributed by atoms with van der Waals surface area (Å²) in [6.07, 6.45) is 6.80. The van der Waals surface area contributed by atoms with E-state index in [1.54, 1.807) is 41.5 Å². The Labute approximate surface area is 212 Å². The van der Waals surface area contributed by atoms with Gasteiger partial charge in [-0.25, -0.2) is 0 Å². The van der Waals surface area contributed by atoms with Crippen molar-refractivity contribution in [2.75, 3.05) is 6.51 Å². The van der Waals surface area contributed by atoms with Gasteiger partial charge in [-0.2, -0.15) is 0 Å². The second-order valence-corrected chi connectivity index (χ2v) is 12.1. The second kappa shape index (κ2) is 10.0. The quantitative estimate of drug-likeness (QED) is 0.380. The monoisotopic (exact) mass is 483 g/mol. The van der Waals surface area contributed by atoms with Crippen LogP contribution in [0.1, 0.15) is 73.3 Å². The molecule has 4 atom stereocenters. The maximum Gasteiger partial charge on any atom is 0.154 e. The summed E-state index contributed by atoms with van der Waals surface area (Å²) >= 11 is 0. The normalized spacial score (nSPS) is 24.7. The van der Waals surface area contributed by atoms with Crippen LogP contribution >= 0.6 is 0 Å². The van der Waals surface area contributed by atoms with Crippen LogP contribution in [0, 0.1) is 18.8 Å². The summed E-state index contributed by atoms with van der Waals surface area (Å²) in [7, 11) is 2.15. The highest BCUT2D eigenvalue weighted by molar-refractivity contribution is 6.38. The summed E-state index contributed by atoms with van der Waals surface area (Å²) < 4.78 is 12.8. The third-order valence-electron chi connectivity index (χ3n) is 8.18. The molecule has 0 aromatic heterocycles. The minimum atomic E-state index is -1.45. The van der Waals surface area contributed by atoms with Crippen molar-refractivity contribution in [3.63, 3.8) is 0 Å². The van der Waals surface area contributed by atoms with E-state index in [0.29, 0.717) is 12.4 Å². The molecule has 3 rings (SSSR count). The van der Waals surface area contributed by atoms with Gasteiger partial charge in [0, 0.05) is 18.8 Å². The SMILES string of the molecule is CC1=C(Oc2ccccc2C)C(C2CC2)C([B]COC(C)(CC(C)(O)C(C)(C)O)C(C)(C)O)C=C1. The minimum absolute atomic E-state index is 0.0774. The third kappa shape index (κ3) is 6.40. The molecular formula is C29H44BO5. The van der Waals surface area contributed by atoms with Crippen LogP contribution in [-0.2, 0) is 4.74 Å². The van der Waals surface area contributed by atoms with E-state index in [4.69, 9.17) is 9.47 Å². The number of ether oxygens (including phenoxy) is 2. The molecule has 1 aromatic rings. The number of rotatable bonds is 11. The van der Waals surface area contributed by atoms with Crippen LogP contribution in [0.3, 0.4) is 0 Å². The van der Waals surface area contributed by atoms with E-state index in [0.717, 1.165) is 22.6 Å². The zero-order valence-corrected chi connectivity index (χ0v) is 22.8. The van der Waals surface area contributed by atoms with Crippen LogP contribution in [0.25, 0.3) is 0 Å². The van der Waals surface area contributed by atoms with Gasteiger partial charge < -0.3 is 24.8 Å². The van der Waals surface area contributed by atoms with Crippen molar-refractivity contribution >= 4 is 7.28 Å². The van der Waals surface area contributed by atoms with E-state index in [-0.39, 0.29) is 18.2 Å². The van der Waals surface area contributed by atoms with Gasteiger partial charge in [0.05, 0.1) is 22.4 Å². The predicted octanol–water partition coefficient (Wildman–Crippen LogP) is 5.15. The number of hydrogen-bond acceptors (Lipinski definition) is 5. The molecule has 0 aliphatic heterocycles. The van der Waals surface area contributed by atoms with Crippen molar-refractivity contribution in [1.29, 1.82) is 0 Å². The van der Waals surface area contributed by atoms with Gasteiger partial charge in [0.2, 0.25) is 0 Å². The van der Waals surface area contributed by atoms with Crippen molar-refractivity contribution in [2.24, 2.45) is 11.8 Å². The summed E-state index contributed by atoms with van der Waals surface area (Å²) in [5, 5.41) is 32.4. The summed E-state index contributed by atoms with van der Waals surface area (Å²) in [5.74, 6) is 2.89. The Balaban J connectivity index is 1.74. The molecule has 35 heavy (non-hydrogen) atoms. The molecule has 1 fully saturated rings. The van der Waals surface area contributed by atoms with E-state index >= 15 is 0 Å². The smallest absolute Gasteiger partial charge is 0.154 e. The van der Waals surface area contributed by atoms with Crippen LogP contribution < -0.4 is 4.74 Å². The van der Waals surface area contributed by atoms with Crippen molar-refractivity contribution in [3.8, 4) is 5.75 Å². The molecule has 4 unspecified atom stereocenters. The Morgan fingerprint density at radius 1 is 0.943 bits per heavy atom. The first-order chi connectivity index (χ1) is 16.1. The lowest BCUT2D eigenvalue weighted by Crippen LogP contribution is -2.59. The Morgan fingerprint density at radius 2 is 1.57 bits per heavy atom. The summed E-state index contributed by atoms with van der Waals surface area (Å²) in [6.45, 7) is 14.4. The van der Waals surface area contributed by atoms with Gasteiger partial charge >= 0.3 is 0 Å². The fourth-order valence-corrected chi connectivity index (χ4v) is 4.70. The molecule has 0 amide bonds. The first-order valence-electron chi connectivity index (χ1n) is 12.8. The van der Waals surface area contributed by atoms with Crippen molar-refractivity contribution in [3.05, 3.63) is 53.3 Å². The predicted molar refractivity (Wildman–Crippen MR) is 142 cm³/mol. The fourth-order valence-electron chi connectivity index (χ4n) is 4.70. The summed E-state index contributed by atoms with van der Waals surface area (Å²) in [6, 6.07) is 8.10. The first-order valence-corrected chi connectivity index (χ1v) is 12.8. The Kier molecular flexibility index (Phi) is 8.03. The maximum absolute atomic E-state index is 11.0. The van der Waals surface area contributed by atoms with Gasteiger partial charge in [0.15, 0.2) is 7.28 Å². The van der Waals surface area contributed by atoms with Crippen LogP contribution in [-0.4, -0.2) is 51.5 Å². The average molecular weight is 483 g/mol. The number of aryl methyl sites for hydroxylation is 1. The highest BCUT2D eigenvalue weighted by atomic mass is 16.5. The molecule has 0 heterocycles. The molecule has 3 N–H and O–H groups in total. The molecule has 0 saturated heterocycles. The number of aliphatic hydroxyl groups is 3. The van der Waals surface area contributed by atoms with Gasteiger partial charge in [-0.05, 0) is 97.2 Å². The number of benzene rings is 1. The van der Waals surface area contributed by atoms with E-state index in [2.05, 4.69) is 39.3 Å². The van der Waals surface area contributed by atoms with Gasteiger partial charge in [-0.3, -0.25) is 0 Å². The molecule has 1 radical (unpaired) electrons. The number of para-hydroxylation sites is 1. The Hall–Kier alpha value is -1.60. The van der Waals surface area contributed by atoms with Gasteiger partial charge in [-0.1, -0.05) is 30.4 Å². The molecule has 6 heteroatoms. The van der Waals surface area contributed by atoms with Crippen molar-refractivity contribution < 1.29 is 24.8 Å². The zero-order valence-electron chi connectivity index (χ0n) is 22.8. The minimum Gasteiger partial charge on any atom is -0.461 e. The summed E-state index contributed by atoms with van der Waals surface area (Å²) in [4.78, 5) is 0. The molecular weight excluding hydrogens is 439 g/mol. The first kappa shape index (κ1) is 28.0. The van der Waals surface area contributed by atoms with Gasteiger partial charge in [0.1, 0.15) is 11.5 Å². The van der Waals surface area contributed by atoms with Gasteiger partial charge in [-0.15, -0.1) is 0 Å². The van der Waals surface area contributed by atoms with E-state index < -0.39 is 22.4 Å². The highest BCUT2D eigenvalue weighted by Crippen LogP contribution is 2.50. The molecule has 5 nitrogen and oxygen atoms in total. The molecule has 0 spiro atoms. The van der Waals surface area contributed by atoms with Crippen LogP contribution in [0.15, 0.2) is 47.7 Å². The molecule has 1 saturated carbocycles. The number of hydrogen-bond donors (Lipinski definition) is 3. The molecule has 0 bridgehead atoms. The molecule has 1 aromatic carbocycles. The van der Waals surface area contributed by atoms with E-state index in [1.165, 1.54) is 12.8 Å². The Morgan fingerprint density at radius 3 is 2.11 bits per heavy atom.